The van der Waals surface area contributed by atoms with Crippen molar-refractivity contribution in [3.8, 4) is 5.69 Å². The molecule has 0 aliphatic rings. The van der Waals surface area contributed by atoms with E-state index >= 15 is 0 Å². The number of rotatable bonds is 2. The van der Waals surface area contributed by atoms with Gasteiger partial charge >= 0.3 is 0 Å². The number of benzene rings is 1. The summed E-state index contributed by atoms with van der Waals surface area (Å²) in [6.07, 6.45) is 0.721. The van der Waals surface area contributed by atoms with Crippen molar-refractivity contribution in [2.75, 3.05) is 5.73 Å². The fourth-order valence-electron chi connectivity index (χ4n) is 2.35. The molecule has 0 unspecified atom stereocenters. The van der Waals surface area contributed by atoms with Crippen molar-refractivity contribution < 1.29 is 0 Å². The van der Waals surface area contributed by atoms with Gasteiger partial charge in [0.15, 0.2) is 0 Å². The van der Waals surface area contributed by atoms with Crippen LogP contribution in [0, 0.1) is 0 Å². The van der Waals surface area contributed by atoms with Gasteiger partial charge in [-0.15, -0.1) is 0 Å². The molecule has 0 amide bonds. The SMILES string of the molecule is CCc1c(N)c(=O)n(C(C)(C)C)n1-c1ccccc1. The summed E-state index contributed by atoms with van der Waals surface area (Å²) in [4.78, 5) is 12.4. The van der Waals surface area contributed by atoms with Crippen LogP contribution in [0.2, 0.25) is 0 Å². The molecule has 2 rings (SSSR count). The number of nitrogen functional groups attached to an aromatic ring is 1. The summed E-state index contributed by atoms with van der Waals surface area (Å²) < 4.78 is 3.67. The van der Waals surface area contributed by atoms with Crippen molar-refractivity contribution in [2.45, 2.75) is 39.7 Å². The highest BCUT2D eigenvalue weighted by atomic mass is 16.1. The maximum absolute atomic E-state index is 12.4. The highest BCUT2D eigenvalue weighted by molar-refractivity contribution is 5.47. The van der Waals surface area contributed by atoms with Crippen LogP contribution in [0.15, 0.2) is 35.1 Å². The molecular weight excluding hydrogens is 238 g/mol. The number of aromatic nitrogens is 2. The second-order valence-corrected chi connectivity index (χ2v) is 5.65. The van der Waals surface area contributed by atoms with Gasteiger partial charge in [-0.2, -0.15) is 0 Å². The van der Waals surface area contributed by atoms with Gasteiger partial charge in [0.1, 0.15) is 5.69 Å². The van der Waals surface area contributed by atoms with Crippen molar-refractivity contribution in [3.05, 3.63) is 46.4 Å². The minimum atomic E-state index is -0.325. The van der Waals surface area contributed by atoms with Crippen LogP contribution in [0.5, 0.6) is 0 Å². The maximum Gasteiger partial charge on any atom is 0.290 e. The molecule has 0 aliphatic heterocycles. The first kappa shape index (κ1) is 13.5. The standard InChI is InChI=1S/C15H21N3O/c1-5-12-13(16)14(19)18(15(2,3)4)17(12)11-9-7-6-8-10-11/h6-10H,5,16H2,1-4H3. The van der Waals surface area contributed by atoms with Gasteiger partial charge in [0.2, 0.25) is 0 Å². The van der Waals surface area contributed by atoms with Crippen LogP contribution >= 0.6 is 0 Å². The molecule has 0 fully saturated rings. The van der Waals surface area contributed by atoms with Gasteiger partial charge in [-0.05, 0) is 39.3 Å². The van der Waals surface area contributed by atoms with Crippen LogP contribution in [0.1, 0.15) is 33.4 Å². The Morgan fingerprint density at radius 3 is 2.21 bits per heavy atom. The van der Waals surface area contributed by atoms with Crippen molar-refractivity contribution in [3.63, 3.8) is 0 Å². The average Bonchev–Trinajstić information content (AvgIpc) is 2.62. The Balaban J connectivity index is 2.85. The fourth-order valence-corrected chi connectivity index (χ4v) is 2.35. The van der Waals surface area contributed by atoms with Gasteiger partial charge in [0, 0.05) is 0 Å². The molecule has 0 saturated heterocycles. The lowest BCUT2D eigenvalue weighted by Gasteiger charge is -2.25. The van der Waals surface area contributed by atoms with Crippen LogP contribution in [0.4, 0.5) is 5.69 Å². The molecule has 0 radical (unpaired) electrons. The van der Waals surface area contributed by atoms with Crippen LogP contribution in [-0.4, -0.2) is 9.36 Å². The number of nitrogens with two attached hydrogens (primary N) is 1. The Hall–Kier alpha value is -1.97. The number of para-hydroxylation sites is 1. The first-order chi connectivity index (χ1) is 8.88. The Labute approximate surface area is 113 Å². The van der Waals surface area contributed by atoms with Crippen LogP contribution in [-0.2, 0) is 12.0 Å². The van der Waals surface area contributed by atoms with Crippen molar-refractivity contribution >= 4 is 5.69 Å². The third-order valence-electron chi connectivity index (χ3n) is 3.16. The van der Waals surface area contributed by atoms with E-state index in [1.807, 2.05) is 62.7 Å². The van der Waals surface area contributed by atoms with Crippen molar-refractivity contribution in [2.24, 2.45) is 0 Å². The summed E-state index contributed by atoms with van der Waals surface area (Å²) in [6.45, 7) is 8.03. The molecule has 0 bridgehead atoms. The number of nitrogens with zero attached hydrogens (tertiary/aromatic N) is 2. The summed E-state index contributed by atoms with van der Waals surface area (Å²) in [6, 6.07) is 9.85. The second kappa shape index (κ2) is 4.61. The number of anilines is 1. The fraction of sp³-hybridized carbons (Fsp3) is 0.400. The van der Waals surface area contributed by atoms with Gasteiger partial charge < -0.3 is 5.73 Å². The third-order valence-corrected chi connectivity index (χ3v) is 3.16. The molecule has 19 heavy (non-hydrogen) atoms. The smallest absolute Gasteiger partial charge is 0.290 e. The molecule has 0 atom stereocenters. The van der Waals surface area contributed by atoms with E-state index in [9.17, 15) is 4.79 Å². The van der Waals surface area contributed by atoms with Crippen LogP contribution < -0.4 is 11.3 Å². The maximum atomic E-state index is 12.4. The van der Waals surface area contributed by atoms with Crippen molar-refractivity contribution in [1.82, 2.24) is 9.36 Å². The monoisotopic (exact) mass is 259 g/mol. The van der Waals surface area contributed by atoms with Crippen molar-refractivity contribution in [1.29, 1.82) is 0 Å². The minimum absolute atomic E-state index is 0.117. The topological polar surface area (TPSA) is 53.0 Å². The lowest BCUT2D eigenvalue weighted by atomic mass is 10.1. The summed E-state index contributed by atoms with van der Waals surface area (Å²) >= 11 is 0. The first-order valence-corrected chi connectivity index (χ1v) is 6.56. The Bertz CT molecular complexity index is 630. The highest BCUT2D eigenvalue weighted by Crippen LogP contribution is 2.22. The molecule has 4 heteroatoms. The van der Waals surface area contributed by atoms with E-state index in [4.69, 9.17) is 5.73 Å². The molecular formula is C15H21N3O. The van der Waals surface area contributed by atoms with E-state index in [1.54, 1.807) is 4.68 Å². The van der Waals surface area contributed by atoms with Gasteiger partial charge in [-0.3, -0.25) is 9.48 Å². The van der Waals surface area contributed by atoms with Gasteiger partial charge in [0.05, 0.1) is 16.9 Å². The van der Waals surface area contributed by atoms with E-state index in [1.165, 1.54) is 0 Å². The zero-order valence-electron chi connectivity index (χ0n) is 12.0. The number of hydrogen-bond acceptors (Lipinski definition) is 2. The second-order valence-electron chi connectivity index (χ2n) is 5.65. The number of hydrogen-bond donors (Lipinski definition) is 1. The molecule has 4 nitrogen and oxygen atoms in total. The molecule has 1 aromatic carbocycles. The van der Waals surface area contributed by atoms with Gasteiger partial charge in [-0.1, -0.05) is 25.1 Å². The predicted octanol–water partition coefficient (Wildman–Crippen LogP) is 2.54. The molecule has 2 aromatic rings. The largest absolute Gasteiger partial charge is 0.393 e. The van der Waals surface area contributed by atoms with E-state index in [0.717, 1.165) is 17.8 Å². The van der Waals surface area contributed by atoms with E-state index in [2.05, 4.69) is 0 Å². The molecule has 0 saturated carbocycles. The summed E-state index contributed by atoms with van der Waals surface area (Å²) in [5.41, 5.74) is 7.73. The zero-order valence-corrected chi connectivity index (χ0v) is 12.0. The molecule has 0 aliphatic carbocycles. The molecule has 1 heterocycles. The molecule has 0 spiro atoms. The molecule has 2 N–H and O–H groups in total. The zero-order chi connectivity index (χ0) is 14.2. The summed E-state index contributed by atoms with van der Waals surface area (Å²) in [7, 11) is 0. The Morgan fingerprint density at radius 1 is 1.16 bits per heavy atom. The Morgan fingerprint density at radius 2 is 1.74 bits per heavy atom. The van der Waals surface area contributed by atoms with E-state index in [0.29, 0.717) is 5.69 Å². The lowest BCUT2D eigenvalue weighted by molar-refractivity contribution is 0.316. The lowest BCUT2D eigenvalue weighted by Crippen LogP contribution is -2.36. The normalized spacial score (nSPS) is 11.8. The Kier molecular flexibility index (Phi) is 3.27. The summed E-state index contributed by atoms with van der Waals surface area (Å²) in [5, 5.41) is 0. The molecule has 1 aromatic heterocycles. The third kappa shape index (κ3) is 2.18. The minimum Gasteiger partial charge on any atom is -0.393 e. The van der Waals surface area contributed by atoms with E-state index < -0.39 is 0 Å². The van der Waals surface area contributed by atoms with Gasteiger partial charge in [-0.25, -0.2) is 4.68 Å². The van der Waals surface area contributed by atoms with Crippen LogP contribution in [0.25, 0.3) is 5.69 Å². The molecule has 102 valence electrons. The van der Waals surface area contributed by atoms with Crippen LogP contribution in [0.3, 0.4) is 0 Å². The summed E-state index contributed by atoms with van der Waals surface area (Å²) in [5.74, 6) is 0. The highest BCUT2D eigenvalue weighted by Gasteiger charge is 2.25. The average molecular weight is 259 g/mol. The first-order valence-electron chi connectivity index (χ1n) is 6.56. The van der Waals surface area contributed by atoms with E-state index in [-0.39, 0.29) is 11.1 Å². The van der Waals surface area contributed by atoms with Gasteiger partial charge in [0.25, 0.3) is 5.56 Å². The predicted molar refractivity (Wildman–Crippen MR) is 78.8 cm³/mol. The quantitative estimate of drug-likeness (QED) is 0.901.